The SMILES string of the molecule is CCN(CC)C(=O)CN(C)C(=O)C1CCCN(C(=O)c2ccccc2OC(F)F)C1. The number of rotatable bonds is 8. The van der Waals surface area contributed by atoms with Crippen LogP contribution >= 0.6 is 0 Å². The number of nitrogens with zero attached hydrogens (tertiary/aromatic N) is 3. The van der Waals surface area contributed by atoms with Crippen LogP contribution in [0.25, 0.3) is 0 Å². The Kier molecular flexibility index (Phi) is 8.56. The topological polar surface area (TPSA) is 70.2 Å². The van der Waals surface area contributed by atoms with E-state index in [4.69, 9.17) is 0 Å². The van der Waals surface area contributed by atoms with Crippen molar-refractivity contribution in [3.8, 4) is 5.75 Å². The van der Waals surface area contributed by atoms with Crippen molar-refractivity contribution < 1.29 is 27.9 Å². The van der Waals surface area contributed by atoms with Crippen LogP contribution in [0.5, 0.6) is 5.75 Å². The summed E-state index contributed by atoms with van der Waals surface area (Å²) in [6, 6.07) is 5.84. The van der Waals surface area contributed by atoms with Crippen LogP contribution in [0.3, 0.4) is 0 Å². The summed E-state index contributed by atoms with van der Waals surface area (Å²) < 4.78 is 29.8. The van der Waals surface area contributed by atoms with Crippen LogP contribution in [0.2, 0.25) is 0 Å². The maximum Gasteiger partial charge on any atom is 0.387 e. The molecule has 2 rings (SSSR count). The van der Waals surface area contributed by atoms with Gasteiger partial charge >= 0.3 is 6.61 Å². The van der Waals surface area contributed by atoms with Crippen molar-refractivity contribution in [3.05, 3.63) is 29.8 Å². The molecule has 1 heterocycles. The highest BCUT2D eigenvalue weighted by molar-refractivity contribution is 5.97. The molecule has 1 aromatic rings. The number of benzene rings is 1. The highest BCUT2D eigenvalue weighted by Gasteiger charge is 2.32. The molecule has 7 nitrogen and oxygen atoms in total. The van der Waals surface area contributed by atoms with Crippen molar-refractivity contribution in [3.63, 3.8) is 0 Å². The van der Waals surface area contributed by atoms with Crippen molar-refractivity contribution in [1.29, 1.82) is 0 Å². The average molecular weight is 425 g/mol. The summed E-state index contributed by atoms with van der Waals surface area (Å²) in [5.74, 6) is -1.42. The first-order valence-corrected chi connectivity index (χ1v) is 10.1. The van der Waals surface area contributed by atoms with E-state index in [0.29, 0.717) is 32.5 Å². The van der Waals surface area contributed by atoms with E-state index in [1.165, 1.54) is 28.0 Å². The fourth-order valence-corrected chi connectivity index (χ4v) is 3.64. The number of hydrogen-bond acceptors (Lipinski definition) is 4. The number of halogens is 2. The molecule has 1 aliphatic heterocycles. The maximum atomic E-state index is 12.9. The van der Waals surface area contributed by atoms with E-state index >= 15 is 0 Å². The molecule has 0 radical (unpaired) electrons. The molecule has 1 aromatic carbocycles. The molecule has 1 saturated heterocycles. The minimum Gasteiger partial charge on any atom is -0.434 e. The monoisotopic (exact) mass is 425 g/mol. The van der Waals surface area contributed by atoms with E-state index in [1.54, 1.807) is 18.0 Å². The molecular formula is C21H29F2N3O4. The van der Waals surface area contributed by atoms with E-state index in [1.807, 2.05) is 13.8 Å². The average Bonchev–Trinajstić information content (AvgIpc) is 2.73. The molecule has 1 fully saturated rings. The molecule has 0 aromatic heterocycles. The van der Waals surface area contributed by atoms with Gasteiger partial charge in [-0.1, -0.05) is 12.1 Å². The summed E-state index contributed by atoms with van der Waals surface area (Å²) in [5.41, 5.74) is 0.0379. The fourth-order valence-electron chi connectivity index (χ4n) is 3.64. The molecule has 1 atom stereocenters. The van der Waals surface area contributed by atoms with E-state index in [0.717, 1.165) is 0 Å². The molecule has 1 aliphatic rings. The van der Waals surface area contributed by atoms with Gasteiger partial charge in [0.2, 0.25) is 11.8 Å². The summed E-state index contributed by atoms with van der Waals surface area (Å²) in [7, 11) is 1.58. The standard InChI is InChI=1S/C21H29F2N3O4/c1-4-25(5-2)18(27)14-24(3)19(28)15-9-8-12-26(13-15)20(29)16-10-6-7-11-17(16)30-21(22)23/h6-7,10-11,15,21H,4-5,8-9,12-14H2,1-3H3. The molecular weight excluding hydrogens is 396 g/mol. The highest BCUT2D eigenvalue weighted by Crippen LogP contribution is 2.25. The molecule has 166 valence electrons. The van der Waals surface area contributed by atoms with Crippen LogP contribution in [0.1, 0.15) is 37.0 Å². The Morgan fingerprint density at radius 2 is 1.87 bits per heavy atom. The summed E-state index contributed by atoms with van der Waals surface area (Å²) in [5, 5.41) is 0. The Labute approximate surface area is 175 Å². The molecule has 0 bridgehead atoms. The lowest BCUT2D eigenvalue weighted by Gasteiger charge is -2.34. The van der Waals surface area contributed by atoms with Gasteiger partial charge in [-0.2, -0.15) is 8.78 Å². The zero-order valence-electron chi connectivity index (χ0n) is 17.6. The van der Waals surface area contributed by atoms with Gasteiger partial charge in [0, 0.05) is 33.2 Å². The summed E-state index contributed by atoms with van der Waals surface area (Å²) in [4.78, 5) is 42.6. The predicted molar refractivity (Wildman–Crippen MR) is 107 cm³/mol. The number of likely N-dealkylation sites (N-methyl/N-ethyl adjacent to an activating group) is 2. The minimum atomic E-state index is -3.04. The Balaban J connectivity index is 2.05. The minimum absolute atomic E-state index is 0.0178. The van der Waals surface area contributed by atoms with Crippen LogP contribution in [-0.4, -0.2) is 78.8 Å². The lowest BCUT2D eigenvalue weighted by atomic mass is 9.96. The van der Waals surface area contributed by atoms with Gasteiger partial charge < -0.3 is 19.4 Å². The predicted octanol–water partition coefficient (Wildman–Crippen LogP) is 2.47. The Morgan fingerprint density at radius 3 is 2.50 bits per heavy atom. The van der Waals surface area contributed by atoms with Gasteiger partial charge in [0.15, 0.2) is 0 Å². The number of carbonyl (C=O) groups is 3. The van der Waals surface area contributed by atoms with Crippen LogP contribution in [-0.2, 0) is 9.59 Å². The van der Waals surface area contributed by atoms with E-state index in [-0.39, 0.29) is 36.2 Å². The van der Waals surface area contributed by atoms with E-state index in [9.17, 15) is 23.2 Å². The Hall–Kier alpha value is -2.71. The van der Waals surface area contributed by atoms with Crippen LogP contribution in [0, 0.1) is 5.92 Å². The quantitative estimate of drug-likeness (QED) is 0.642. The first kappa shape index (κ1) is 23.6. The van der Waals surface area contributed by atoms with Crippen molar-refractivity contribution in [2.24, 2.45) is 5.92 Å². The Morgan fingerprint density at radius 1 is 1.20 bits per heavy atom. The number of piperidine rings is 1. The normalized spacial score (nSPS) is 16.3. The highest BCUT2D eigenvalue weighted by atomic mass is 19.3. The van der Waals surface area contributed by atoms with Crippen molar-refractivity contribution in [1.82, 2.24) is 14.7 Å². The third-order valence-electron chi connectivity index (χ3n) is 5.26. The first-order chi connectivity index (χ1) is 14.3. The zero-order valence-corrected chi connectivity index (χ0v) is 17.6. The summed E-state index contributed by atoms with van der Waals surface area (Å²) in [6.45, 7) is 2.44. The second-order valence-corrected chi connectivity index (χ2v) is 7.23. The van der Waals surface area contributed by atoms with Crippen molar-refractivity contribution >= 4 is 17.7 Å². The molecule has 0 spiro atoms. The Bertz CT molecular complexity index is 756. The second-order valence-electron chi connectivity index (χ2n) is 7.23. The number of ether oxygens (including phenoxy) is 1. The number of hydrogen-bond donors (Lipinski definition) is 0. The number of alkyl halides is 2. The van der Waals surface area contributed by atoms with Gasteiger partial charge in [-0.25, -0.2) is 0 Å². The summed E-state index contributed by atoms with van der Waals surface area (Å²) >= 11 is 0. The third kappa shape index (κ3) is 5.90. The van der Waals surface area contributed by atoms with Crippen molar-refractivity contribution in [2.75, 3.05) is 39.8 Å². The molecule has 0 aliphatic carbocycles. The molecule has 1 unspecified atom stereocenters. The van der Waals surface area contributed by atoms with E-state index < -0.39 is 18.4 Å². The molecule has 30 heavy (non-hydrogen) atoms. The smallest absolute Gasteiger partial charge is 0.387 e. The van der Waals surface area contributed by atoms with Gasteiger partial charge in [0.1, 0.15) is 5.75 Å². The van der Waals surface area contributed by atoms with Crippen molar-refractivity contribution in [2.45, 2.75) is 33.3 Å². The van der Waals surface area contributed by atoms with Gasteiger partial charge in [-0.15, -0.1) is 0 Å². The fraction of sp³-hybridized carbons (Fsp3) is 0.571. The van der Waals surface area contributed by atoms with Gasteiger partial charge in [0.05, 0.1) is 18.0 Å². The third-order valence-corrected chi connectivity index (χ3v) is 5.26. The summed E-state index contributed by atoms with van der Waals surface area (Å²) in [6.07, 6.45) is 1.21. The van der Waals surface area contributed by atoms with Gasteiger partial charge in [-0.3, -0.25) is 14.4 Å². The van der Waals surface area contributed by atoms with Gasteiger partial charge in [0.25, 0.3) is 5.91 Å². The molecule has 3 amide bonds. The maximum absolute atomic E-state index is 12.9. The van der Waals surface area contributed by atoms with Crippen LogP contribution in [0.15, 0.2) is 24.3 Å². The zero-order chi connectivity index (χ0) is 22.3. The number of para-hydroxylation sites is 1. The van der Waals surface area contributed by atoms with Crippen LogP contribution in [0.4, 0.5) is 8.78 Å². The number of likely N-dealkylation sites (tertiary alicyclic amines) is 1. The lowest BCUT2D eigenvalue weighted by molar-refractivity contribution is -0.142. The lowest BCUT2D eigenvalue weighted by Crippen LogP contribution is -2.48. The largest absolute Gasteiger partial charge is 0.434 e. The van der Waals surface area contributed by atoms with Crippen LogP contribution < -0.4 is 4.74 Å². The number of carbonyl (C=O) groups excluding carboxylic acids is 3. The molecule has 0 N–H and O–H groups in total. The van der Waals surface area contributed by atoms with E-state index in [2.05, 4.69) is 4.74 Å². The van der Waals surface area contributed by atoms with Gasteiger partial charge in [-0.05, 0) is 38.8 Å². The number of amides is 3. The molecule has 9 heteroatoms. The second kappa shape index (κ2) is 10.9. The first-order valence-electron chi connectivity index (χ1n) is 10.1. The molecule has 0 saturated carbocycles.